The van der Waals surface area contributed by atoms with E-state index < -0.39 is 31.6 Å². The van der Waals surface area contributed by atoms with Crippen LogP contribution in [0.4, 0.5) is 4.39 Å². The second-order valence-electron chi connectivity index (χ2n) is 18.5. The van der Waals surface area contributed by atoms with Crippen LogP contribution in [0.3, 0.4) is 0 Å². The summed E-state index contributed by atoms with van der Waals surface area (Å²) in [5.74, 6) is -0.0504. The zero-order valence-corrected chi connectivity index (χ0v) is 42.7. The number of hydrogen-bond acceptors (Lipinski definition) is 1. The van der Waals surface area contributed by atoms with Crippen molar-refractivity contribution in [1.82, 2.24) is 4.86 Å². The summed E-state index contributed by atoms with van der Waals surface area (Å²) in [5.41, 5.74) is 0.392. The molecule has 0 saturated heterocycles. The minimum absolute atomic E-state index is 0.0504. The molecular weight excluding hydrogens is 800 g/mol. The maximum atomic E-state index is 16.8. The lowest BCUT2D eigenvalue weighted by Gasteiger charge is -2.39. The van der Waals surface area contributed by atoms with Gasteiger partial charge in [0.25, 0.3) is 0 Å². The molecule has 1 nitrogen and oxygen atoms in total. The summed E-state index contributed by atoms with van der Waals surface area (Å²) in [6, 6.07) is 48.0. The Morgan fingerprint density at radius 1 is 0.500 bits per heavy atom. The number of halogens is 1. The number of benzene rings is 4. The Labute approximate surface area is 372 Å². The second kappa shape index (κ2) is 25.4. The van der Waals surface area contributed by atoms with Gasteiger partial charge in [-0.1, -0.05) is 251 Å². The van der Waals surface area contributed by atoms with Gasteiger partial charge in [-0.3, -0.25) is 0 Å². The Morgan fingerprint density at radius 3 is 1.27 bits per heavy atom. The van der Waals surface area contributed by atoms with Crippen molar-refractivity contribution in [3.8, 4) is 0 Å². The molecule has 328 valence electrons. The van der Waals surface area contributed by atoms with E-state index in [1.807, 2.05) is 6.07 Å². The van der Waals surface area contributed by atoms with Crippen LogP contribution >= 0.6 is 15.5 Å². The van der Waals surface area contributed by atoms with Gasteiger partial charge in [-0.2, -0.15) is 4.86 Å². The molecule has 1 aliphatic rings. The van der Waals surface area contributed by atoms with Crippen LogP contribution in [-0.4, -0.2) is 21.8 Å². The van der Waals surface area contributed by atoms with Crippen LogP contribution in [0.15, 0.2) is 103 Å². The van der Waals surface area contributed by atoms with Crippen molar-refractivity contribution in [1.29, 1.82) is 0 Å². The van der Waals surface area contributed by atoms with Crippen molar-refractivity contribution < 1.29 is 4.39 Å². The smallest absolute Gasteiger partial charge is 0.167 e. The van der Waals surface area contributed by atoms with Crippen molar-refractivity contribution in [3.63, 3.8) is 0 Å². The molecule has 1 unspecified atom stereocenters. The zero-order chi connectivity index (χ0) is 42.7. The molecule has 0 heterocycles. The van der Waals surface area contributed by atoms with E-state index in [0.29, 0.717) is 5.66 Å². The van der Waals surface area contributed by atoms with Crippen LogP contribution in [0.1, 0.15) is 151 Å². The maximum absolute atomic E-state index is 16.8. The van der Waals surface area contributed by atoms with E-state index in [4.69, 9.17) is 0 Å². The van der Waals surface area contributed by atoms with Gasteiger partial charge >= 0.3 is 0 Å². The third-order valence-corrected chi connectivity index (χ3v) is 32.8. The van der Waals surface area contributed by atoms with Crippen molar-refractivity contribution in [2.24, 2.45) is 0 Å². The van der Waals surface area contributed by atoms with Gasteiger partial charge in [0, 0.05) is 0 Å². The summed E-state index contributed by atoms with van der Waals surface area (Å²) in [5, 5.41) is 8.36. The van der Waals surface area contributed by atoms with Crippen molar-refractivity contribution in [2.45, 2.75) is 193 Å². The molecule has 0 radical (unpaired) electrons. The van der Waals surface area contributed by atoms with Gasteiger partial charge in [-0.15, -0.1) is 0 Å². The average Bonchev–Trinajstić information content (AvgIpc) is 3.30. The first-order chi connectivity index (χ1) is 29.4. The maximum Gasteiger partial charge on any atom is 0.167 e. The predicted molar refractivity (Wildman–Crippen MR) is 277 cm³/mol. The Kier molecular flexibility index (Phi) is 20.8. The number of rotatable bonds is 27. The molecule has 0 aromatic heterocycles. The Bertz CT molecular complexity index is 1660. The predicted octanol–water partition coefficient (Wildman–Crippen LogP) is 14.8. The quantitative estimate of drug-likeness (QED) is 0.0465. The van der Waals surface area contributed by atoms with E-state index in [0.717, 1.165) is 18.1 Å². The van der Waals surface area contributed by atoms with E-state index in [9.17, 15) is 0 Å². The van der Waals surface area contributed by atoms with Gasteiger partial charge in [0.2, 0.25) is 0 Å². The first-order valence-corrected chi connectivity index (χ1v) is 33.3. The summed E-state index contributed by atoms with van der Waals surface area (Å²) in [6.07, 6.45) is 21.7. The Balaban J connectivity index is 1.72. The molecular formula is C54H83FNP2Si2+. The van der Waals surface area contributed by atoms with E-state index in [2.05, 4.69) is 137 Å². The molecule has 0 bridgehead atoms. The molecule has 1 saturated carbocycles. The van der Waals surface area contributed by atoms with Crippen LogP contribution in [0, 0.1) is 5.82 Å². The molecule has 4 aromatic carbocycles. The molecule has 0 amide bonds. The van der Waals surface area contributed by atoms with Gasteiger partial charge in [0.05, 0.1) is 29.9 Å². The summed E-state index contributed by atoms with van der Waals surface area (Å²) < 4.78 is 16.8. The SMILES string of the molecule is CCCC[Si](CCCC)(CCCC)c1ccc(P(N[P+](c2ccccc2)(c2ccccc2F)C2CCCCC2)c2ccc([Si](CCCC)(CCCC)CCCC)cc2)cc1. The van der Waals surface area contributed by atoms with E-state index >= 15 is 4.39 Å². The second-order valence-corrected chi connectivity index (χ2v) is 33.5. The standard InChI is InChI=1S/C54H83FNP2Si2/c1-7-13-41-59(42-14-8-2,43-15-9-3)51-37-33-47(34-38-51)57(48-35-39-52(40-36-48)60(44-16-10-4,45-17-11-5)46-18-12-6)56-58(49-27-21-19-22-28-49,50-29-23-20-24-30-50)54-32-26-25-31-53(54)55/h19,21-22,25-28,31-40,50,56H,7-18,20,23-24,29-30,41-46H2,1-6H3/q+1. The van der Waals surface area contributed by atoms with Crippen molar-refractivity contribution in [2.75, 3.05) is 0 Å². The number of nitrogens with one attached hydrogen (secondary N) is 1. The molecule has 6 heteroatoms. The lowest BCUT2D eigenvalue weighted by Crippen LogP contribution is -2.48. The van der Waals surface area contributed by atoms with Gasteiger partial charge in [0.1, 0.15) is 5.30 Å². The van der Waals surface area contributed by atoms with Gasteiger partial charge in [-0.25, -0.2) is 4.39 Å². The van der Waals surface area contributed by atoms with Crippen LogP contribution in [0.2, 0.25) is 36.3 Å². The fourth-order valence-electron chi connectivity index (χ4n) is 10.7. The molecule has 60 heavy (non-hydrogen) atoms. The van der Waals surface area contributed by atoms with Crippen molar-refractivity contribution >= 4 is 63.2 Å². The fraction of sp³-hybridized carbons (Fsp3) is 0.556. The highest BCUT2D eigenvalue weighted by Crippen LogP contribution is 2.65. The summed E-state index contributed by atoms with van der Waals surface area (Å²) in [7, 11) is -6.82. The molecule has 1 aliphatic carbocycles. The zero-order valence-electron chi connectivity index (χ0n) is 38.9. The van der Waals surface area contributed by atoms with Crippen LogP contribution in [0.25, 0.3) is 0 Å². The van der Waals surface area contributed by atoms with Crippen LogP contribution < -0.4 is 36.4 Å². The largest absolute Gasteiger partial charge is 0.203 e. The number of hydrogen-bond donors (Lipinski definition) is 1. The lowest BCUT2D eigenvalue weighted by molar-refractivity contribution is 0.509. The highest BCUT2D eigenvalue weighted by atomic mass is 31.2. The van der Waals surface area contributed by atoms with Gasteiger partial charge in [-0.05, 0) is 60.6 Å². The van der Waals surface area contributed by atoms with E-state index in [1.165, 1.54) is 148 Å². The highest BCUT2D eigenvalue weighted by molar-refractivity contribution is 7.96. The Morgan fingerprint density at radius 2 is 0.883 bits per heavy atom. The van der Waals surface area contributed by atoms with Gasteiger partial charge < -0.3 is 0 Å². The third-order valence-electron chi connectivity index (χ3n) is 14.3. The van der Waals surface area contributed by atoms with E-state index in [1.54, 1.807) is 16.4 Å². The fourth-order valence-corrected chi connectivity index (χ4v) is 30.4. The summed E-state index contributed by atoms with van der Waals surface area (Å²) >= 11 is 0. The summed E-state index contributed by atoms with van der Waals surface area (Å²) in [4.78, 5) is 4.62. The Hall–Kier alpha value is -1.94. The highest BCUT2D eigenvalue weighted by Gasteiger charge is 2.54. The molecule has 1 atom stereocenters. The third kappa shape index (κ3) is 12.2. The topological polar surface area (TPSA) is 12.0 Å². The molecule has 5 rings (SSSR count). The van der Waals surface area contributed by atoms with Crippen molar-refractivity contribution in [3.05, 3.63) is 109 Å². The molecule has 1 fully saturated rings. The summed E-state index contributed by atoms with van der Waals surface area (Å²) in [6.45, 7) is 14.2. The average molecular weight is 883 g/mol. The van der Waals surface area contributed by atoms with Gasteiger partial charge in [0.15, 0.2) is 18.5 Å². The normalized spacial score (nSPS) is 15.1. The van der Waals surface area contributed by atoms with Crippen LogP contribution in [0.5, 0.6) is 0 Å². The van der Waals surface area contributed by atoms with E-state index in [-0.39, 0.29) is 5.82 Å². The molecule has 0 aliphatic heterocycles. The first kappa shape index (κ1) is 49.1. The lowest BCUT2D eigenvalue weighted by atomic mass is 10.0. The first-order valence-electron chi connectivity index (χ1n) is 24.9. The molecule has 0 spiro atoms. The molecule has 4 aromatic rings. The number of unbranched alkanes of at least 4 members (excludes halogenated alkanes) is 6. The minimum atomic E-state index is -2.46. The minimum Gasteiger partial charge on any atom is -0.203 e. The molecule has 1 N–H and O–H groups in total. The van der Waals surface area contributed by atoms with Crippen LogP contribution in [-0.2, 0) is 0 Å². The monoisotopic (exact) mass is 883 g/mol.